The van der Waals surface area contributed by atoms with E-state index in [2.05, 4.69) is 5.32 Å². The van der Waals surface area contributed by atoms with Gasteiger partial charge in [0.15, 0.2) is 18.1 Å². The van der Waals surface area contributed by atoms with Gasteiger partial charge in [-0.25, -0.2) is 0 Å². The molecule has 28 heavy (non-hydrogen) atoms. The maximum absolute atomic E-state index is 12.5. The lowest BCUT2D eigenvalue weighted by Gasteiger charge is -2.31. The van der Waals surface area contributed by atoms with E-state index in [-0.39, 0.29) is 24.3 Å². The van der Waals surface area contributed by atoms with Crippen LogP contribution >= 0.6 is 0 Å². The first kappa shape index (κ1) is 19.7. The number of amides is 2. The van der Waals surface area contributed by atoms with Crippen LogP contribution in [-0.4, -0.2) is 43.5 Å². The Labute approximate surface area is 165 Å². The molecule has 2 aromatic carbocycles. The Hall–Kier alpha value is -3.02. The van der Waals surface area contributed by atoms with Crippen LogP contribution in [0.1, 0.15) is 18.4 Å². The number of hydrogen-bond acceptors (Lipinski definition) is 4. The van der Waals surface area contributed by atoms with Crippen LogP contribution < -0.4 is 14.8 Å². The molecule has 1 aliphatic rings. The molecule has 0 unspecified atom stereocenters. The van der Waals surface area contributed by atoms with Crippen molar-refractivity contribution in [2.24, 2.45) is 5.92 Å². The summed E-state index contributed by atoms with van der Waals surface area (Å²) in [5.41, 5.74) is 1.88. The third-order valence-corrected chi connectivity index (χ3v) is 5.04. The van der Waals surface area contributed by atoms with Crippen molar-refractivity contribution in [3.63, 3.8) is 0 Å². The summed E-state index contributed by atoms with van der Waals surface area (Å²) in [6.45, 7) is 3.04. The summed E-state index contributed by atoms with van der Waals surface area (Å²) in [6, 6.07) is 15.0. The second kappa shape index (κ2) is 9.26. The summed E-state index contributed by atoms with van der Waals surface area (Å²) < 4.78 is 10.8. The number of carbonyl (C=O) groups is 2. The molecule has 0 radical (unpaired) electrons. The second-order valence-corrected chi connectivity index (χ2v) is 6.90. The van der Waals surface area contributed by atoms with E-state index >= 15 is 0 Å². The Morgan fingerprint density at radius 3 is 2.36 bits per heavy atom. The van der Waals surface area contributed by atoms with E-state index in [1.807, 2.05) is 43.3 Å². The topological polar surface area (TPSA) is 67.9 Å². The van der Waals surface area contributed by atoms with Crippen LogP contribution in [0.25, 0.3) is 0 Å². The number of nitrogens with zero attached hydrogens (tertiary/aromatic N) is 1. The standard InChI is InChI=1S/C22H26N2O4/c1-16-7-3-4-8-18(16)23-22(26)17-11-13-24(14-12-17)21(25)15-28-20-10-6-5-9-19(20)27-2/h3-10,17H,11-15H2,1-2H3,(H,23,26). The Morgan fingerprint density at radius 2 is 1.68 bits per heavy atom. The van der Waals surface area contributed by atoms with Crippen LogP contribution in [0.5, 0.6) is 11.5 Å². The molecule has 6 heteroatoms. The lowest BCUT2D eigenvalue weighted by molar-refractivity contribution is -0.136. The van der Waals surface area contributed by atoms with Crippen LogP contribution in [0.4, 0.5) is 5.69 Å². The quantitative estimate of drug-likeness (QED) is 0.833. The number of rotatable bonds is 6. The van der Waals surface area contributed by atoms with E-state index in [0.717, 1.165) is 11.3 Å². The number of carbonyl (C=O) groups excluding carboxylic acids is 2. The van der Waals surface area contributed by atoms with Crippen molar-refractivity contribution in [3.8, 4) is 11.5 Å². The van der Waals surface area contributed by atoms with E-state index in [9.17, 15) is 9.59 Å². The van der Waals surface area contributed by atoms with Crippen LogP contribution in [0.15, 0.2) is 48.5 Å². The Bertz CT molecular complexity index is 829. The van der Waals surface area contributed by atoms with Gasteiger partial charge in [0.25, 0.3) is 5.91 Å². The minimum atomic E-state index is -0.0845. The Kier molecular flexibility index (Phi) is 6.53. The van der Waals surface area contributed by atoms with Crippen molar-refractivity contribution >= 4 is 17.5 Å². The van der Waals surface area contributed by atoms with E-state index in [0.29, 0.717) is 37.4 Å². The minimum absolute atomic E-state index is 0.0201. The summed E-state index contributed by atoms with van der Waals surface area (Å²) in [7, 11) is 1.57. The normalized spacial score (nSPS) is 14.4. The van der Waals surface area contributed by atoms with Crippen LogP contribution in [-0.2, 0) is 9.59 Å². The molecule has 1 heterocycles. The van der Waals surface area contributed by atoms with Gasteiger partial charge in [-0.2, -0.15) is 0 Å². The number of ether oxygens (including phenoxy) is 2. The molecule has 0 aliphatic carbocycles. The molecule has 2 aromatic rings. The van der Waals surface area contributed by atoms with Gasteiger partial charge in [0, 0.05) is 24.7 Å². The molecule has 6 nitrogen and oxygen atoms in total. The van der Waals surface area contributed by atoms with E-state index in [1.54, 1.807) is 24.1 Å². The highest BCUT2D eigenvalue weighted by Crippen LogP contribution is 2.26. The van der Waals surface area contributed by atoms with Gasteiger partial charge in [-0.15, -0.1) is 0 Å². The fourth-order valence-corrected chi connectivity index (χ4v) is 3.31. The van der Waals surface area contributed by atoms with Gasteiger partial charge >= 0.3 is 0 Å². The van der Waals surface area contributed by atoms with Gasteiger partial charge in [-0.1, -0.05) is 30.3 Å². The van der Waals surface area contributed by atoms with Crippen molar-refractivity contribution in [1.82, 2.24) is 4.90 Å². The lowest BCUT2D eigenvalue weighted by Crippen LogP contribution is -2.43. The molecule has 0 saturated carbocycles. The maximum Gasteiger partial charge on any atom is 0.260 e. The number of likely N-dealkylation sites (tertiary alicyclic amines) is 1. The maximum atomic E-state index is 12.5. The molecule has 0 bridgehead atoms. The van der Waals surface area contributed by atoms with Crippen molar-refractivity contribution in [3.05, 3.63) is 54.1 Å². The first-order valence-electron chi connectivity index (χ1n) is 9.48. The number of para-hydroxylation sites is 3. The highest BCUT2D eigenvalue weighted by atomic mass is 16.5. The highest BCUT2D eigenvalue weighted by molar-refractivity contribution is 5.93. The van der Waals surface area contributed by atoms with Crippen LogP contribution in [0.2, 0.25) is 0 Å². The van der Waals surface area contributed by atoms with Gasteiger partial charge in [0.1, 0.15) is 0 Å². The van der Waals surface area contributed by atoms with E-state index in [1.165, 1.54) is 0 Å². The number of benzene rings is 2. The summed E-state index contributed by atoms with van der Waals surface area (Å²) >= 11 is 0. The summed E-state index contributed by atoms with van der Waals surface area (Å²) in [6.07, 6.45) is 1.30. The predicted octanol–water partition coefficient (Wildman–Crippen LogP) is 3.26. The largest absolute Gasteiger partial charge is 0.493 e. The van der Waals surface area contributed by atoms with Gasteiger partial charge < -0.3 is 19.7 Å². The number of hydrogen-bond donors (Lipinski definition) is 1. The number of piperidine rings is 1. The van der Waals surface area contributed by atoms with Gasteiger partial charge in [0.2, 0.25) is 5.91 Å². The minimum Gasteiger partial charge on any atom is -0.493 e. The monoisotopic (exact) mass is 382 g/mol. The van der Waals surface area contributed by atoms with Gasteiger partial charge in [-0.3, -0.25) is 9.59 Å². The first-order valence-corrected chi connectivity index (χ1v) is 9.48. The smallest absolute Gasteiger partial charge is 0.260 e. The van der Waals surface area contributed by atoms with Gasteiger partial charge in [0.05, 0.1) is 7.11 Å². The molecule has 2 amide bonds. The molecule has 148 valence electrons. The molecule has 0 spiro atoms. The van der Waals surface area contributed by atoms with Crippen molar-refractivity contribution in [2.75, 3.05) is 32.1 Å². The van der Waals surface area contributed by atoms with E-state index in [4.69, 9.17) is 9.47 Å². The Balaban J connectivity index is 1.47. The number of anilines is 1. The fraction of sp³-hybridized carbons (Fsp3) is 0.364. The van der Waals surface area contributed by atoms with Crippen molar-refractivity contribution in [2.45, 2.75) is 19.8 Å². The van der Waals surface area contributed by atoms with Crippen molar-refractivity contribution in [1.29, 1.82) is 0 Å². The molecular formula is C22H26N2O4. The first-order chi connectivity index (χ1) is 13.6. The SMILES string of the molecule is COc1ccccc1OCC(=O)N1CCC(C(=O)Nc2ccccc2C)CC1. The van der Waals surface area contributed by atoms with Crippen LogP contribution in [0.3, 0.4) is 0 Å². The second-order valence-electron chi connectivity index (χ2n) is 6.90. The fourth-order valence-electron chi connectivity index (χ4n) is 3.31. The summed E-state index contributed by atoms with van der Waals surface area (Å²) in [4.78, 5) is 26.7. The third-order valence-electron chi connectivity index (χ3n) is 5.04. The molecular weight excluding hydrogens is 356 g/mol. The zero-order chi connectivity index (χ0) is 19.9. The molecule has 0 aromatic heterocycles. The van der Waals surface area contributed by atoms with Crippen molar-refractivity contribution < 1.29 is 19.1 Å². The molecule has 1 fully saturated rings. The summed E-state index contributed by atoms with van der Waals surface area (Å²) in [5.74, 6) is 1.00. The zero-order valence-corrected chi connectivity index (χ0v) is 16.3. The lowest BCUT2D eigenvalue weighted by atomic mass is 9.95. The molecule has 1 saturated heterocycles. The highest BCUT2D eigenvalue weighted by Gasteiger charge is 2.27. The van der Waals surface area contributed by atoms with Gasteiger partial charge in [-0.05, 0) is 43.5 Å². The van der Waals surface area contributed by atoms with E-state index < -0.39 is 0 Å². The number of nitrogens with one attached hydrogen (secondary N) is 1. The molecule has 3 rings (SSSR count). The third kappa shape index (κ3) is 4.82. The zero-order valence-electron chi connectivity index (χ0n) is 16.3. The van der Waals surface area contributed by atoms with Crippen LogP contribution in [0, 0.1) is 12.8 Å². The molecule has 1 N–H and O–H groups in total. The summed E-state index contributed by atoms with van der Waals surface area (Å²) in [5, 5.41) is 3.00. The molecule has 0 atom stereocenters. The number of methoxy groups -OCH3 is 1. The average Bonchev–Trinajstić information content (AvgIpc) is 2.74. The predicted molar refractivity (Wildman–Crippen MR) is 108 cm³/mol. The molecule has 1 aliphatic heterocycles. The number of aryl methyl sites for hydroxylation is 1. The Morgan fingerprint density at radius 1 is 1.04 bits per heavy atom. The average molecular weight is 382 g/mol.